The van der Waals surface area contributed by atoms with Crippen molar-refractivity contribution in [3.05, 3.63) is 29.8 Å². The Morgan fingerprint density at radius 1 is 1.27 bits per heavy atom. The Bertz CT molecular complexity index is 289. The minimum Gasteiger partial charge on any atom is -0.325 e. The second-order valence-electron chi connectivity index (χ2n) is 4.35. The molecule has 1 rings (SSSR count). The Hall–Kier alpha value is -0.540. The van der Waals surface area contributed by atoms with E-state index in [-0.39, 0.29) is 12.2 Å². The van der Waals surface area contributed by atoms with Crippen molar-refractivity contribution in [2.75, 3.05) is 12.4 Å². The smallest absolute Gasteiger partial charge is 0.0988 e. The Balaban J connectivity index is 2.56. The van der Waals surface area contributed by atoms with Gasteiger partial charge in [0.1, 0.15) is 0 Å². The maximum Gasteiger partial charge on any atom is 0.0988 e. The molecular weight excluding hydrogens is 209 g/mol. The number of rotatable bonds is 5. The first-order chi connectivity index (χ1) is 7.01. The minimum absolute atomic E-state index is 0.173. The standard InChI is InChI=1S/C12H18FNS/c1-12(2,14)9-10-3-5-11(6-4-10)15-8-7-13/h3-6H,7-9,14H2,1-2H3. The van der Waals surface area contributed by atoms with E-state index in [1.165, 1.54) is 5.56 Å². The zero-order valence-electron chi connectivity index (χ0n) is 9.29. The van der Waals surface area contributed by atoms with Crippen molar-refractivity contribution in [3.63, 3.8) is 0 Å². The van der Waals surface area contributed by atoms with Crippen LogP contribution in [0.4, 0.5) is 4.39 Å². The van der Waals surface area contributed by atoms with Crippen LogP contribution in [0.25, 0.3) is 0 Å². The summed E-state index contributed by atoms with van der Waals surface area (Å²) in [5.41, 5.74) is 6.99. The van der Waals surface area contributed by atoms with Crippen molar-refractivity contribution >= 4 is 11.8 Å². The first-order valence-electron chi connectivity index (χ1n) is 5.08. The topological polar surface area (TPSA) is 26.0 Å². The third-order valence-electron chi connectivity index (χ3n) is 1.93. The molecule has 0 atom stereocenters. The first-order valence-corrected chi connectivity index (χ1v) is 6.06. The normalized spacial score (nSPS) is 11.7. The van der Waals surface area contributed by atoms with E-state index in [1.54, 1.807) is 11.8 Å². The first kappa shape index (κ1) is 12.5. The third kappa shape index (κ3) is 5.19. The average Bonchev–Trinajstić information content (AvgIpc) is 2.14. The summed E-state index contributed by atoms with van der Waals surface area (Å²) in [7, 11) is 0. The molecule has 0 aliphatic rings. The predicted octanol–water partition coefficient (Wildman–Crippen LogP) is 3.03. The zero-order valence-corrected chi connectivity index (χ0v) is 10.1. The molecule has 0 spiro atoms. The van der Waals surface area contributed by atoms with E-state index < -0.39 is 0 Å². The van der Waals surface area contributed by atoms with Crippen molar-refractivity contribution in [1.82, 2.24) is 0 Å². The van der Waals surface area contributed by atoms with Crippen molar-refractivity contribution in [1.29, 1.82) is 0 Å². The molecule has 0 radical (unpaired) electrons. The fourth-order valence-electron chi connectivity index (χ4n) is 1.39. The highest BCUT2D eigenvalue weighted by atomic mass is 32.2. The van der Waals surface area contributed by atoms with E-state index in [1.807, 2.05) is 26.0 Å². The number of halogens is 1. The summed E-state index contributed by atoms with van der Waals surface area (Å²) in [6.07, 6.45) is 0.862. The van der Waals surface area contributed by atoms with Gasteiger partial charge >= 0.3 is 0 Å². The lowest BCUT2D eigenvalue weighted by Gasteiger charge is -2.18. The Morgan fingerprint density at radius 2 is 1.87 bits per heavy atom. The molecule has 84 valence electrons. The SMILES string of the molecule is CC(C)(N)Cc1ccc(SCCF)cc1. The predicted molar refractivity (Wildman–Crippen MR) is 65.1 cm³/mol. The quantitative estimate of drug-likeness (QED) is 0.782. The van der Waals surface area contributed by atoms with Crippen LogP contribution in [0.2, 0.25) is 0 Å². The fourth-order valence-corrected chi connectivity index (χ4v) is 2.03. The van der Waals surface area contributed by atoms with Gasteiger partial charge in [-0.2, -0.15) is 0 Å². The molecule has 15 heavy (non-hydrogen) atoms. The number of benzene rings is 1. The Kier molecular flexibility index (Phi) is 4.61. The van der Waals surface area contributed by atoms with Gasteiger partial charge in [-0.15, -0.1) is 11.8 Å². The number of nitrogens with two attached hydrogens (primary N) is 1. The lowest BCUT2D eigenvalue weighted by Crippen LogP contribution is -2.34. The molecular formula is C12H18FNS. The van der Waals surface area contributed by atoms with Crippen molar-refractivity contribution < 1.29 is 4.39 Å². The molecule has 1 nitrogen and oxygen atoms in total. The van der Waals surface area contributed by atoms with Crippen LogP contribution in [0, 0.1) is 0 Å². The van der Waals surface area contributed by atoms with Gasteiger partial charge in [0.05, 0.1) is 6.67 Å². The molecule has 0 unspecified atom stereocenters. The second kappa shape index (κ2) is 5.52. The molecule has 0 saturated heterocycles. The Morgan fingerprint density at radius 3 is 2.33 bits per heavy atom. The highest BCUT2D eigenvalue weighted by molar-refractivity contribution is 7.99. The molecule has 0 heterocycles. The summed E-state index contributed by atoms with van der Waals surface area (Å²) in [6, 6.07) is 8.19. The van der Waals surface area contributed by atoms with Crippen LogP contribution >= 0.6 is 11.8 Å². The summed E-state index contributed by atoms with van der Waals surface area (Å²) in [5.74, 6) is 0.529. The average molecular weight is 227 g/mol. The lowest BCUT2D eigenvalue weighted by atomic mass is 9.96. The lowest BCUT2D eigenvalue weighted by molar-refractivity contribution is 0.516. The van der Waals surface area contributed by atoms with E-state index in [4.69, 9.17) is 5.73 Å². The van der Waals surface area contributed by atoms with E-state index in [0.29, 0.717) is 5.75 Å². The molecule has 0 bridgehead atoms. The zero-order chi connectivity index (χ0) is 11.3. The number of thioether (sulfide) groups is 1. The second-order valence-corrected chi connectivity index (χ2v) is 5.52. The van der Waals surface area contributed by atoms with Gasteiger partial charge in [-0.25, -0.2) is 0 Å². The monoisotopic (exact) mass is 227 g/mol. The Labute approximate surface area is 95.2 Å². The van der Waals surface area contributed by atoms with Crippen molar-refractivity contribution in [3.8, 4) is 0 Å². The highest BCUT2D eigenvalue weighted by Gasteiger charge is 2.11. The van der Waals surface area contributed by atoms with Gasteiger partial charge in [-0.05, 0) is 38.0 Å². The van der Waals surface area contributed by atoms with Gasteiger partial charge in [0.2, 0.25) is 0 Å². The maximum atomic E-state index is 11.9. The number of hydrogen-bond acceptors (Lipinski definition) is 2. The van der Waals surface area contributed by atoms with E-state index in [0.717, 1.165) is 11.3 Å². The van der Waals surface area contributed by atoms with E-state index in [2.05, 4.69) is 12.1 Å². The molecule has 1 aromatic rings. The van der Waals surface area contributed by atoms with E-state index >= 15 is 0 Å². The summed E-state index contributed by atoms with van der Waals surface area (Å²) in [5, 5.41) is 0. The van der Waals surface area contributed by atoms with Crippen LogP contribution < -0.4 is 5.73 Å². The molecule has 0 fully saturated rings. The highest BCUT2D eigenvalue weighted by Crippen LogP contribution is 2.19. The summed E-state index contributed by atoms with van der Waals surface area (Å²) in [4.78, 5) is 1.12. The van der Waals surface area contributed by atoms with Gasteiger partial charge in [0.25, 0.3) is 0 Å². The molecule has 0 aliphatic heterocycles. The van der Waals surface area contributed by atoms with Crippen LogP contribution in [0.15, 0.2) is 29.2 Å². The van der Waals surface area contributed by atoms with Crippen molar-refractivity contribution in [2.45, 2.75) is 30.7 Å². The molecule has 2 N–H and O–H groups in total. The molecule has 0 aliphatic carbocycles. The number of alkyl halides is 1. The minimum atomic E-state index is -0.276. The van der Waals surface area contributed by atoms with Crippen LogP contribution in [-0.4, -0.2) is 18.0 Å². The number of hydrogen-bond donors (Lipinski definition) is 1. The van der Waals surface area contributed by atoms with Gasteiger partial charge < -0.3 is 5.73 Å². The maximum absolute atomic E-state index is 11.9. The van der Waals surface area contributed by atoms with Crippen LogP contribution in [0.3, 0.4) is 0 Å². The fraction of sp³-hybridized carbons (Fsp3) is 0.500. The molecule has 0 aromatic heterocycles. The van der Waals surface area contributed by atoms with Crippen LogP contribution in [-0.2, 0) is 6.42 Å². The molecule has 1 aromatic carbocycles. The van der Waals surface area contributed by atoms with Crippen LogP contribution in [0.1, 0.15) is 19.4 Å². The largest absolute Gasteiger partial charge is 0.325 e. The molecule has 0 saturated carbocycles. The summed E-state index contributed by atoms with van der Waals surface area (Å²) in [6.45, 7) is 3.75. The molecule has 3 heteroatoms. The summed E-state index contributed by atoms with van der Waals surface area (Å²) >= 11 is 1.54. The van der Waals surface area contributed by atoms with Gasteiger partial charge in [-0.3, -0.25) is 4.39 Å². The van der Waals surface area contributed by atoms with Crippen molar-refractivity contribution in [2.24, 2.45) is 5.73 Å². The van der Waals surface area contributed by atoms with Gasteiger partial charge in [0.15, 0.2) is 0 Å². The van der Waals surface area contributed by atoms with Gasteiger partial charge in [-0.1, -0.05) is 12.1 Å². The molecule has 0 amide bonds. The summed E-state index contributed by atoms with van der Waals surface area (Å²) < 4.78 is 11.9. The van der Waals surface area contributed by atoms with Gasteiger partial charge in [0, 0.05) is 16.2 Å². The third-order valence-corrected chi connectivity index (χ3v) is 2.89. The van der Waals surface area contributed by atoms with Crippen LogP contribution in [0.5, 0.6) is 0 Å². The van der Waals surface area contributed by atoms with E-state index in [9.17, 15) is 4.39 Å².